The largest absolute Gasteiger partial charge is 0.394 e. The number of hydrogen-bond donors (Lipinski definition) is 3. The quantitative estimate of drug-likeness (QED) is 0.0541. The van der Waals surface area contributed by atoms with Crippen molar-refractivity contribution in [3.63, 3.8) is 0 Å². The third-order valence-corrected chi connectivity index (χ3v) is 12.1. The zero-order valence-electron chi connectivity index (χ0n) is 37.3. The lowest BCUT2D eigenvalue weighted by Crippen LogP contribution is -2.45. The van der Waals surface area contributed by atoms with Crippen LogP contribution in [0.2, 0.25) is 0 Å². The normalized spacial score (nSPS) is 12.7. The van der Waals surface area contributed by atoms with Gasteiger partial charge in [0.15, 0.2) is 0 Å². The number of hydrogen-bond acceptors (Lipinski definition) is 3. The predicted molar refractivity (Wildman–Crippen MR) is 240 cm³/mol. The molecule has 2 atom stereocenters. The van der Waals surface area contributed by atoms with Gasteiger partial charge in [-0.05, 0) is 12.8 Å². The van der Waals surface area contributed by atoms with Crippen LogP contribution in [-0.4, -0.2) is 34.9 Å². The zero-order chi connectivity index (χ0) is 39.3. The maximum Gasteiger partial charge on any atom is 0.220 e. The molecule has 0 rings (SSSR count). The highest BCUT2D eigenvalue weighted by molar-refractivity contribution is 5.76. The Morgan fingerprint density at radius 2 is 0.593 bits per heavy atom. The molecule has 4 heteroatoms. The van der Waals surface area contributed by atoms with Crippen molar-refractivity contribution in [2.24, 2.45) is 0 Å². The minimum atomic E-state index is -0.650. The molecule has 3 N–H and O–H groups in total. The smallest absolute Gasteiger partial charge is 0.220 e. The van der Waals surface area contributed by atoms with E-state index in [1.165, 1.54) is 244 Å². The van der Waals surface area contributed by atoms with Crippen LogP contribution >= 0.6 is 0 Å². The average molecular weight is 764 g/mol. The number of amides is 1. The summed E-state index contributed by atoms with van der Waals surface area (Å²) < 4.78 is 0. The summed E-state index contributed by atoms with van der Waals surface area (Å²) in [6.45, 7) is 4.34. The lowest BCUT2D eigenvalue weighted by atomic mass is 10.0. The van der Waals surface area contributed by atoms with Crippen LogP contribution in [0.4, 0.5) is 0 Å². The molecular formula is C50H101NO3. The van der Waals surface area contributed by atoms with E-state index in [2.05, 4.69) is 19.2 Å². The number of carbonyl (C=O) groups is 1. The second-order valence-corrected chi connectivity index (χ2v) is 17.6. The fourth-order valence-electron chi connectivity index (χ4n) is 8.25. The third kappa shape index (κ3) is 42.5. The number of aliphatic hydroxyl groups is 2. The van der Waals surface area contributed by atoms with E-state index < -0.39 is 12.1 Å². The van der Waals surface area contributed by atoms with E-state index in [0.29, 0.717) is 12.8 Å². The maximum atomic E-state index is 12.3. The summed E-state index contributed by atoms with van der Waals surface area (Å²) in [5, 5.41) is 23.0. The molecule has 0 aromatic carbocycles. The molecule has 4 nitrogen and oxygen atoms in total. The lowest BCUT2D eigenvalue weighted by molar-refractivity contribution is -0.123. The molecule has 54 heavy (non-hydrogen) atoms. The summed E-state index contributed by atoms with van der Waals surface area (Å²) in [5.41, 5.74) is 0. The molecular weight excluding hydrogens is 663 g/mol. The van der Waals surface area contributed by atoms with Gasteiger partial charge in [-0.3, -0.25) is 4.79 Å². The van der Waals surface area contributed by atoms with Crippen LogP contribution in [0.25, 0.3) is 0 Å². The number of rotatable bonds is 47. The molecule has 2 unspecified atom stereocenters. The van der Waals surface area contributed by atoms with Crippen LogP contribution in [0, 0.1) is 0 Å². The number of aliphatic hydroxyl groups excluding tert-OH is 2. The molecule has 0 aromatic rings. The summed E-state index contributed by atoms with van der Waals surface area (Å²) in [6.07, 6.45) is 58.2. The third-order valence-electron chi connectivity index (χ3n) is 12.1. The van der Waals surface area contributed by atoms with Crippen molar-refractivity contribution in [1.82, 2.24) is 5.32 Å². The van der Waals surface area contributed by atoms with Gasteiger partial charge in [-0.2, -0.15) is 0 Å². The van der Waals surface area contributed by atoms with Crippen LogP contribution in [0.15, 0.2) is 0 Å². The van der Waals surface area contributed by atoms with E-state index in [1.54, 1.807) is 0 Å². The van der Waals surface area contributed by atoms with Crippen LogP contribution in [0.3, 0.4) is 0 Å². The van der Waals surface area contributed by atoms with Crippen molar-refractivity contribution < 1.29 is 15.0 Å². The zero-order valence-corrected chi connectivity index (χ0v) is 37.3. The Balaban J connectivity index is 3.27. The Morgan fingerprint density at radius 1 is 0.370 bits per heavy atom. The van der Waals surface area contributed by atoms with Gasteiger partial charge in [-0.1, -0.05) is 277 Å². The highest BCUT2D eigenvalue weighted by Crippen LogP contribution is 2.18. The summed E-state index contributed by atoms with van der Waals surface area (Å²) in [4.78, 5) is 12.3. The Labute approximate surface area is 340 Å². The first-order chi connectivity index (χ1) is 26.7. The predicted octanol–water partition coefficient (Wildman–Crippen LogP) is 16.0. The Kier molecular flexibility index (Phi) is 46.2. The Bertz CT molecular complexity index is 699. The van der Waals surface area contributed by atoms with E-state index in [9.17, 15) is 15.0 Å². The van der Waals surface area contributed by atoms with Crippen LogP contribution < -0.4 is 5.32 Å². The van der Waals surface area contributed by atoms with Gasteiger partial charge in [0.2, 0.25) is 5.91 Å². The molecule has 0 aliphatic heterocycles. The fraction of sp³-hybridized carbons (Fsp3) is 0.980. The molecule has 0 bridgehead atoms. The molecule has 0 heterocycles. The molecule has 0 saturated carbocycles. The second kappa shape index (κ2) is 46.8. The summed E-state index contributed by atoms with van der Waals surface area (Å²) in [7, 11) is 0. The van der Waals surface area contributed by atoms with Gasteiger partial charge in [-0.25, -0.2) is 0 Å². The molecule has 0 aliphatic rings. The lowest BCUT2D eigenvalue weighted by Gasteiger charge is -2.22. The molecule has 0 aliphatic carbocycles. The fourth-order valence-corrected chi connectivity index (χ4v) is 8.25. The standard InChI is InChI=1S/C50H101NO3/c1-3-5-7-9-11-12-13-14-15-16-17-18-19-20-21-22-23-24-25-26-27-28-29-30-31-32-33-34-35-36-37-38-40-42-44-46-50(54)51-48(47-52)49(53)45-43-41-39-10-8-6-4-2/h48-49,52-53H,3-47H2,1-2H3,(H,51,54). The van der Waals surface area contributed by atoms with E-state index in [1.807, 2.05) is 0 Å². The molecule has 1 amide bonds. The monoisotopic (exact) mass is 764 g/mol. The maximum absolute atomic E-state index is 12.3. The van der Waals surface area contributed by atoms with Gasteiger partial charge in [0.05, 0.1) is 18.8 Å². The minimum Gasteiger partial charge on any atom is -0.394 e. The van der Waals surface area contributed by atoms with Crippen LogP contribution in [0.1, 0.15) is 296 Å². The molecule has 0 aromatic heterocycles. The van der Waals surface area contributed by atoms with E-state index in [0.717, 1.165) is 25.7 Å². The summed E-state index contributed by atoms with van der Waals surface area (Å²) in [6, 6.07) is -0.527. The van der Waals surface area contributed by atoms with Gasteiger partial charge in [0.1, 0.15) is 0 Å². The number of unbranched alkanes of at least 4 members (excludes halogenated alkanes) is 40. The van der Waals surface area contributed by atoms with Gasteiger partial charge in [0.25, 0.3) is 0 Å². The first kappa shape index (κ1) is 53.4. The minimum absolute atomic E-state index is 0.0290. The van der Waals surface area contributed by atoms with Crippen molar-refractivity contribution in [2.75, 3.05) is 6.61 Å². The summed E-state index contributed by atoms with van der Waals surface area (Å²) >= 11 is 0. The van der Waals surface area contributed by atoms with Gasteiger partial charge in [-0.15, -0.1) is 0 Å². The molecule has 0 fully saturated rings. The Morgan fingerprint density at radius 3 is 0.833 bits per heavy atom. The molecule has 0 saturated heterocycles. The molecule has 0 spiro atoms. The Hall–Kier alpha value is -0.610. The van der Waals surface area contributed by atoms with E-state index in [4.69, 9.17) is 0 Å². The van der Waals surface area contributed by atoms with E-state index in [-0.39, 0.29) is 12.5 Å². The van der Waals surface area contributed by atoms with Crippen molar-refractivity contribution in [1.29, 1.82) is 0 Å². The first-order valence-corrected chi connectivity index (χ1v) is 25.2. The number of carbonyl (C=O) groups excluding carboxylic acids is 1. The first-order valence-electron chi connectivity index (χ1n) is 25.2. The van der Waals surface area contributed by atoms with Gasteiger partial charge < -0.3 is 15.5 Å². The van der Waals surface area contributed by atoms with Gasteiger partial charge in [0, 0.05) is 6.42 Å². The van der Waals surface area contributed by atoms with E-state index >= 15 is 0 Å². The van der Waals surface area contributed by atoms with Crippen LogP contribution in [-0.2, 0) is 4.79 Å². The van der Waals surface area contributed by atoms with Crippen molar-refractivity contribution in [3.05, 3.63) is 0 Å². The second-order valence-electron chi connectivity index (χ2n) is 17.6. The van der Waals surface area contributed by atoms with Crippen molar-refractivity contribution >= 4 is 5.91 Å². The SMILES string of the molecule is CCCCCCCCCCCCCCCCCCCCCCCCCCCCCCCCCCCCCC(=O)NC(CO)C(O)CCCCCCCCC. The molecule has 324 valence electrons. The van der Waals surface area contributed by atoms with Crippen LogP contribution in [0.5, 0.6) is 0 Å². The average Bonchev–Trinajstić information content (AvgIpc) is 3.18. The summed E-state index contributed by atoms with van der Waals surface area (Å²) in [5.74, 6) is -0.0290. The topological polar surface area (TPSA) is 69.6 Å². The van der Waals surface area contributed by atoms with Gasteiger partial charge >= 0.3 is 0 Å². The molecule has 0 radical (unpaired) electrons. The van der Waals surface area contributed by atoms with Crippen molar-refractivity contribution in [2.45, 2.75) is 309 Å². The van der Waals surface area contributed by atoms with Crippen molar-refractivity contribution in [3.8, 4) is 0 Å². The highest BCUT2D eigenvalue weighted by Gasteiger charge is 2.20. The number of nitrogens with one attached hydrogen (secondary N) is 1. The highest BCUT2D eigenvalue weighted by atomic mass is 16.3.